The number of amides is 2. The van der Waals surface area contributed by atoms with Crippen LogP contribution >= 0.6 is 15.9 Å². The Hall–Kier alpha value is -2.38. The maximum atomic E-state index is 12.2. The summed E-state index contributed by atoms with van der Waals surface area (Å²) >= 11 is 3.40. The van der Waals surface area contributed by atoms with Gasteiger partial charge in [0.15, 0.2) is 0 Å². The van der Waals surface area contributed by atoms with Crippen LogP contribution in [0, 0.1) is 0 Å². The van der Waals surface area contributed by atoms with Crippen LogP contribution in [0.1, 0.15) is 23.2 Å². The highest BCUT2D eigenvalue weighted by molar-refractivity contribution is 9.10. The van der Waals surface area contributed by atoms with E-state index in [9.17, 15) is 9.59 Å². The predicted octanol–water partition coefficient (Wildman–Crippen LogP) is 3.41. The molecule has 3 rings (SSSR count). The van der Waals surface area contributed by atoms with Crippen LogP contribution in [0.2, 0.25) is 0 Å². The average molecular weight is 432 g/mol. The van der Waals surface area contributed by atoms with E-state index >= 15 is 0 Å². The van der Waals surface area contributed by atoms with Crippen molar-refractivity contribution in [2.24, 2.45) is 0 Å². The smallest absolute Gasteiger partial charge is 0.251 e. The van der Waals surface area contributed by atoms with Crippen molar-refractivity contribution in [1.82, 2.24) is 5.32 Å². The van der Waals surface area contributed by atoms with Gasteiger partial charge in [0.1, 0.15) is 0 Å². The van der Waals surface area contributed by atoms with Crippen molar-refractivity contribution in [2.75, 3.05) is 30.3 Å². The zero-order chi connectivity index (χ0) is 19.1. The molecule has 1 aliphatic heterocycles. The molecule has 1 aliphatic rings. The maximum Gasteiger partial charge on any atom is 0.251 e. The second kappa shape index (κ2) is 9.53. The van der Waals surface area contributed by atoms with Crippen LogP contribution in [0.25, 0.3) is 0 Å². The lowest BCUT2D eigenvalue weighted by atomic mass is 10.2. The largest absolute Gasteiger partial charge is 0.376 e. The molecule has 0 saturated carbocycles. The third kappa shape index (κ3) is 5.80. The van der Waals surface area contributed by atoms with Crippen molar-refractivity contribution in [3.05, 3.63) is 58.6 Å². The van der Waals surface area contributed by atoms with Gasteiger partial charge < -0.3 is 20.7 Å². The summed E-state index contributed by atoms with van der Waals surface area (Å²) in [4.78, 5) is 24.2. The number of anilines is 2. The highest BCUT2D eigenvalue weighted by atomic mass is 79.9. The molecule has 7 heteroatoms. The zero-order valence-electron chi connectivity index (χ0n) is 14.8. The minimum atomic E-state index is -0.153. The Kier molecular flexibility index (Phi) is 6.84. The Morgan fingerprint density at radius 2 is 1.89 bits per heavy atom. The number of para-hydroxylation sites is 1. The fraction of sp³-hybridized carbons (Fsp3) is 0.300. The molecule has 1 fully saturated rings. The van der Waals surface area contributed by atoms with Crippen LogP contribution in [0.3, 0.4) is 0 Å². The molecule has 2 amide bonds. The molecule has 1 unspecified atom stereocenters. The lowest BCUT2D eigenvalue weighted by Crippen LogP contribution is -2.31. The summed E-state index contributed by atoms with van der Waals surface area (Å²) in [7, 11) is 0. The predicted molar refractivity (Wildman–Crippen MR) is 109 cm³/mol. The molecular formula is C20H22BrN3O3. The molecule has 1 atom stereocenters. The number of benzene rings is 2. The van der Waals surface area contributed by atoms with Crippen molar-refractivity contribution < 1.29 is 14.3 Å². The van der Waals surface area contributed by atoms with Gasteiger partial charge in [-0.3, -0.25) is 9.59 Å². The molecule has 0 spiro atoms. The van der Waals surface area contributed by atoms with Gasteiger partial charge in [-0.1, -0.05) is 12.1 Å². The van der Waals surface area contributed by atoms with Gasteiger partial charge in [0.2, 0.25) is 5.91 Å². The van der Waals surface area contributed by atoms with Gasteiger partial charge in [-0.2, -0.15) is 0 Å². The number of nitrogens with one attached hydrogen (secondary N) is 3. The van der Waals surface area contributed by atoms with E-state index in [0.29, 0.717) is 12.1 Å². The zero-order valence-corrected chi connectivity index (χ0v) is 16.4. The summed E-state index contributed by atoms with van der Waals surface area (Å²) in [6.45, 7) is 1.44. The molecular weight excluding hydrogens is 410 g/mol. The van der Waals surface area contributed by atoms with Gasteiger partial charge in [-0.15, -0.1) is 0 Å². The Morgan fingerprint density at radius 3 is 2.59 bits per heavy atom. The van der Waals surface area contributed by atoms with Gasteiger partial charge in [0.05, 0.1) is 18.3 Å². The molecule has 0 radical (unpaired) electrons. The van der Waals surface area contributed by atoms with E-state index in [1.54, 1.807) is 24.3 Å². The van der Waals surface area contributed by atoms with E-state index in [0.717, 1.165) is 35.3 Å². The first kappa shape index (κ1) is 19.4. The highest BCUT2D eigenvalue weighted by Crippen LogP contribution is 2.21. The first-order valence-corrected chi connectivity index (χ1v) is 9.69. The third-order valence-electron chi connectivity index (χ3n) is 4.26. The van der Waals surface area contributed by atoms with Crippen LogP contribution < -0.4 is 16.0 Å². The minimum Gasteiger partial charge on any atom is -0.376 e. The summed E-state index contributed by atoms with van der Waals surface area (Å²) < 4.78 is 6.33. The van der Waals surface area contributed by atoms with E-state index in [4.69, 9.17) is 4.74 Å². The number of carbonyl (C=O) groups is 2. The molecule has 27 heavy (non-hydrogen) atoms. The van der Waals surface area contributed by atoms with E-state index in [1.807, 2.05) is 24.3 Å². The third-order valence-corrected chi connectivity index (χ3v) is 4.95. The van der Waals surface area contributed by atoms with Crippen LogP contribution in [0.5, 0.6) is 0 Å². The second-order valence-corrected chi connectivity index (χ2v) is 7.16. The quantitative estimate of drug-likeness (QED) is 0.627. The SMILES string of the molecule is O=C(CNc1ccc(C(=O)NCC2CCCO2)cc1)Nc1ccccc1Br. The van der Waals surface area contributed by atoms with Crippen molar-refractivity contribution in [1.29, 1.82) is 0 Å². The fourth-order valence-corrected chi connectivity index (χ4v) is 3.18. The van der Waals surface area contributed by atoms with E-state index in [2.05, 4.69) is 31.9 Å². The van der Waals surface area contributed by atoms with Gasteiger partial charge in [-0.05, 0) is 65.2 Å². The van der Waals surface area contributed by atoms with Crippen LogP contribution in [0.4, 0.5) is 11.4 Å². The molecule has 2 aromatic carbocycles. The first-order chi connectivity index (χ1) is 13.1. The molecule has 3 N–H and O–H groups in total. The second-order valence-electron chi connectivity index (χ2n) is 6.30. The van der Waals surface area contributed by atoms with Crippen molar-refractivity contribution in [3.8, 4) is 0 Å². The van der Waals surface area contributed by atoms with E-state index in [1.165, 1.54) is 0 Å². The summed E-state index contributed by atoms with van der Waals surface area (Å²) in [5, 5.41) is 8.77. The van der Waals surface area contributed by atoms with E-state index < -0.39 is 0 Å². The Labute approximate surface area is 166 Å². The summed E-state index contributed by atoms with van der Waals surface area (Å²) in [5.41, 5.74) is 2.08. The van der Waals surface area contributed by atoms with Crippen molar-refractivity contribution in [3.63, 3.8) is 0 Å². The summed E-state index contributed by atoms with van der Waals surface area (Å²) in [6.07, 6.45) is 2.17. The van der Waals surface area contributed by atoms with Crippen molar-refractivity contribution in [2.45, 2.75) is 18.9 Å². The Balaban J connectivity index is 1.45. The van der Waals surface area contributed by atoms with Crippen molar-refractivity contribution >= 4 is 39.1 Å². The maximum absolute atomic E-state index is 12.2. The number of halogens is 1. The van der Waals surface area contributed by atoms with Crippen LogP contribution in [0.15, 0.2) is 53.0 Å². The van der Waals surface area contributed by atoms with Crippen LogP contribution in [-0.4, -0.2) is 37.6 Å². The number of carbonyl (C=O) groups excluding carboxylic acids is 2. The standard InChI is InChI=1S/C20H22BrN3O3/c21-17-5-1-2-6-18(17)24-19(25)13-22-15-9-7-14(8-10-15)20(26)23-12-16-4-3-11-27-16/h1-2,5-10,16,22H,3-4,11-13H2,(H,23,26)(H,24,25). The molecule has 0 aliphatic carbocycles. The lowest BCUT2D eigenvalue weighted by molar-refractivity contribution is -0.114. The number of rotatable bonds is 7. The van der Waals surface area contributed by atoms with Gasteiger partial charge in [0.25, 0.3) is 5.91 Å². The Morgan fingerprint density at radius 1 is 1.11 bits per heavy atom. The molecule has 2 aromatic rings. The topological polar surface area (TPSA) is 79.5 Å². The van der Waals surface area contributed by atoms with Gasteiger partial charge >= 0.3 is 0 Å². The fourth-order valence-electron chi connectivity index (χ4n) is 2.79. The van der Waals surface area contributed by atoms with Gasteiger partial charge in [-0.25, -0.2) is 0 Å². The molecule has 0 bridgehead atoms. The van der Waals surface area contributed by atoms with Gasteiger partial charge in [0, 0.05) is 28.9 Å². The molecule has 1 saturated heterocycles. The Bertz CT molecular complexity index is 789. The minimum absolute atomic E-state index is 0.122. The van der Waals surface area contributed by atoms with Crippen LogP contribution in [-0.2, 0) is 9.53 Å². The molecule has 0 aromatic heterocycles. The lowest BCUT2D eigenvalue weighted by Gasteiger charge is -2.11. The molecule has 1 heterocycles. The normalized spacial score (nSPS) is 16.0. The number of hydrogen-bond acceptors (Lipinski definition) is 4. The monoisotopic (exact) mass is 431 g/mol. The average Bonchev–Trinajstić information content (AvgIpc) is 3.20. The molecule has 142 valence electrons. The first-order valence-electron chi connectivity index (χ1n) is 8.90. The summed E-state index contributed by atoms with van der Waals surface area (Å²) in [5.74, 6) is -0.274. The van der Waals surface area contributed by atoms with E-state index in [-0.39, 0.29) is 24.5 Å². The highest BCUT2D eigenvalue weighted by Gasteiger charge is 2.16. The number of hydrogen-bond donors (Lipinski definition) is 3. The summed E-state index contributed by atoms with van der Waals surface area (Å²) in [6, 6.07) is 14.5. The molecule has 6 nitrogen and oxygen atoms in total. The number of ether oxygens (including phenoxy) is 1.